The van der Waals surface area contributed by atoms with Gasteiger partial charge in [0.05, 0.1) is 6.42 Å². The number of rotatable bonds is 3. The number of nitrogens with one attached hydrogen (secondary N) is 1. The normalized spacial score (nSPS) is 19.2. The van der Waals surface area contributed by atoms with Gasteiger partial charge in [0.2, 0.25) is 5.91 Å². The van der Waals surface area contributed by atoms with Gasteiger partial charge in [-0.1, -0.05) is 24.3 Å². The number of carbonyl (C=O) groups is 1. The van der Waals surface area contributed by atoms with Gasteiger partial charge >= 0.3 is 0 Å². The van der Waals surface area contributed by atoms with E-state index in [4.69, 9.17) is 0 Å². The molecule has 5 nitrogen and oxygen atoms in total. The molecule has 0 saturated carbocycles. The highest BCUT2D eigenvalue weighted by atomic mass is 16.2. The first-order chi connectivity index (χ1) is 11.8. The number of aromatic amines is 1. The van der Waals surface area contributed by atoms with Crippen molar-refractivity contribution in [1.82, 2.24) is 20.0 Å². The average Bonchev–Trinajstić information content (AvgIpc) is 3.14. The van der Waals surface area contributed by atoms with Gasteiger partial charge in [-0.15, -0.1) is 0 Å². The van der Waals surface area contributed by atoms with Gasteiger partial charge in [-0.3, -0.25) is 14.8 Å². The quantitative estimate of drug-likeness (QED) is 0.939. The number of piperidine rings is 1. The SMILES string of the molecule is O=C(Cc1ccn[nH]1)N1CCC(N2CCc3ccccc3C2)CC1. The first kappa shape index (κ1) is 15.4. The number of fused-ring (bicyclic) bond motifs is 1. The summed E-state index contributed by atoms with van der Waals surface area (Å²) >= 11 is 0. The average molecular weight is 324 g/mol. The summed E-state index contributed by atoms with van der Waals surface area (Å²) in [6.07, 6.45) is 5.44. The monoisotopic (exact) mass is 324 g/mol. The Morgan fingerprint density at radius 3 is 2.67 bits per heavy atom. The molecule has 2 aromatic rings. The predicted molar refractivity (Wildman–Crippen MR) is 92.4 cm³/mol. The maximum absolute atomic E-state index is 12.4. The molecule has 1 amide bonds. The summed E-state index contributed by atoms with van der Waals surface area (Å²) in [7, 11) is 0. The van der Waals surface area contributed by atoms with Crippen molar-refractivity contribution >= 4 is 5.91 Å². The number of carbonyl (C=O) groups excluding carboxylic acids is 1. The number of benzene rings is 1. The summed E-state index contributed by atoms with van der Waals surface area (Å²) in [5, 5.41) is 6.78. The summed E-state index contributed by atoms with van der Waals surface area (Å²) in [5.41, 5.74) is 3.87. The van der Waals surface area contributed by atoms with Gasteiger partial charge in [0.25, 0.3) is 0 Å². The fourth-order valence-electron chi connectivity index (χ4n) is 3.97. The van der Waals surface area contributed by atoms with Crippen LogP contribution in [0.5, 0.6) is 0 Å². The minimum Gasteiger partial charge on any atom is -0.342 e. The van der Waals surface area contributed by atoms with Gasteiger partial charge in [0.1, 0.15) is 0 Å². The van der Waals surface area contributed by atoms with Gasteiger partial charge in [0, 0.05) is 44.1 Å². The number of nitrogens with zero attached hydrogens (tertiary/aromatic N) is 3. The molecule has 0 aliphatic carbocycles. The van der Waals surface area contributed by atoms with Crippen LogP contribution in [0, 0.1) is 0 Å². The van der Waals surface area contributed by atoms with E-state index in [1.165, 1.54) is 11.1 Å². The molecule has 1 fully saturated rings. The van der Waals surface area contributed by atoms with E-state index in [2.05, 4.69) is 39.4 Å². The summed E-state index contributed by atoms with van der Waals surface area (Å²) in [4.78, 5) is 17.0. The Morgan fingerprint density at radius 1 is 1.12 bits per heavy atom. The summed E-state index contributed by atoms with van der Waals surface area (Å²) in [5.74, 6) is 0.210. The minimum absolute atomic E-state index is 0.210. The van der Waals surface area contributed by atoms with E-state index >= 15 is 0 Å². The number of hydrogen-bond donors (Lipinski definition) is 1. The predicted octanol–water partition coefficient (Wildman–Crippen LogP) is 2.00. The van der Waals surface area contributed by atoms with Crippen LogP contribution in [-0.4, -0.2) is 51.6 Å². The molecule has 3 heterocycles. The number of aromatic nitrogens is 2. The van der Waals surface area contributed by atoms with E-state index in [-0.39, 0.29) is 5.91 Å². The third kappa shape index (κ3) is 3.22. The second kappa shape index (κ2) is 6.77. The van der Waals surface area contributed by atoms with Gasteiger partial charge < -0.3 is 4.90 Å². The Labute approximate surface area is 142 Å². The van der Waals surface area contributed by atoms with Gasteiger partial charge in [-0.25, -0.2) is 0 Å². The minimum atomic E-state index is 0.210. The molecule has 24 heavy (non-hydrogen) atoms. The molecular formula is C19H24N4O. The molecule has 2 aliphatic rings. The zero-order valence-corrected chi connectivity index (χ0v) is 13.9. The van der Waals surface area contributed by atoms with Crippen LogP contribution in [0.4, 0.5) is 0 Å². The molecule has 4 rings (SSSR count). The van der Waals surface area contributed by atoms with E-state index in [0.717, 1.165) is 51.1 Å². The lowest BCUT2D eigenvalue weighted by Crippen LogP contribution is -2.48. The van der Waals surface area contributed by atoms with Crippen LogP contribution in [0.1, 0.15) is 29.7 Å². The van der Waals surface area contributed by atoms with Crippen molar-refractivity contribution in [1.29, 1.82) is 0 Å². The van der Waals surface area contributed by atoms with Gasteiger partial charge in [-0.05, 0) is 36.5 Å². The molecule has 1 aromatic carbocycles. The van der Waals surface area contributed by atoms with Gasteiger partial charge in [-0.2, -0.15) is 5.10 Å². The summed E-state index contributed by atoms with van der Waals surface area (Å²) in [6, 6.07) is 11.3. The number of hydrogen-bond acceptors (Lipinski definition) is 3. The fraction of sp³-hybridized carbons (Fsp3) is 0.474. The topological polar surface area (TPSA) is 52.2 Å². The molecule has 1 saturated heterocycles. The van der Waals surface area contributed by atoms with Crippen LogP contribution in [-0.2, 0) is 24.2 Å². The van der Waals surface area contributed by atoms with Crippen molar-refractivity contribution in [2.75, 3.05) is 19.6 Å². The van der Waals surface area contributed by atoms with E-state index < -0.39 is 0 Å². The zero-order chi connectivity index (χ0) is 16.4. The summed E-state index contributed by atoms with van der Waals surface area (Å²) < 4.78 is 0. The first-order valence-corrected chi connectivity index (χ1v) is 8.86. The third-order valence-electron chi connectivity index (χ3n) is 5.39. The van der Waals surface area contributed by atoms with Crippen molar-refractivity contribution in [2.45, 2.75) is 38.3 Å². The second-order valence-corrected chi connectivity index (χ2v) is 6.86. The van der Waals surface area contributed by atoms with Crippen LogP contribution >= 0.6 is 0 Å². The number of amides is 1. The van der Waals surface area contributed by atoms with E-state index in [9.17, 15) is 4.79 Å². The van der Waals surface area contributed by atoms with Crippen molar-refractivity contribution in [3.8, 4) is 0 Å². The lowest BCUT2D eigenvalue weighted by Gasteiger charge is -2.40. The van der Waals surface area contributed by atoms with E-state index in [1.54, 1.807) is 6.20 Å². The van der Waals surface area contributed by atoms with Crippen LogP contribution < -0.4 is 0 Å². The largest absolute Gasteiger partial charge is 0.342 e. The van der Waals surface area contributed by atoms with E-state index in [1.807, 2.05) is 11.0 Å². The van der Waals surface area contributed by atoms with Crippen LogP contribution in [0.15, 0.2) is 36.5 Å². The highest BCUT2D eigenvalue weighted by Crippen LogP contribution is 2.25. The van der Waals surface area contributed by atoms with Crippen LogP contribution in [0.3, 0.4) is 0 Å². The van der Waals surface area contributed by atoms with Crippen molar-refractivity contribution in [3.05, 3.63) is 53.3 Å². The van der Waals surface area contributed by atoms with Crippen molar-refractivity contribution in [2.24, 2.45) is 0 Å². The fourth-order valence-corrected chi connectivity index (χ4v) is 3.97. The molecule has 0 radical (unpaired) electrons. The number of H-pyrrole nitrogens is 1. The molecule has 0 bridgehead atoms. The standard InChI is InChI=1S/C19H24N4O/c24-19(13-17-5-9-20-21-17)22-11-7-18(8-12-22)23-10-6-15-3-1-2-4-16(15)14-23/h1-5,9,18H,6-8,10-14H2,(H,20,21). The van der Waals surface area contributed by atoms with Crippen LogP contribution in [0.25, 0.3) is 0 Å². The first-order valence-electron chi connectivity index (χ1n) is 8.86. The molecule has 0 unspecified atom stereocenters. The maximum atomic E-state index is 12.4. The smallest absolute Gasteiger partial charge is 0.228 e. The van der Waals surface area contributed by atoms with E-state index in [0.29, 0.717) is 12.5 Å². The van der Waals surface area contributed by atoms with Crippen molar-refractivity contribution < 1.29 is 4.79 Å². The Hall–Kier alpha value is -2.14. The summed E-state index contributed by atoms with van der Waals surface area (Å²) in [6.45, 7) is 3.94. The Kier molecular flexibility index (Phi) is 4.34. The molecule has 126 valence electrons. The molecule has 1 aromatic heterocycles. The second-order valence-electron chi connectivity index (χ2n) is 6.86. The highest BCUT2D eigenvalue weighted by molar-refractivity contribution is 5.78. The Bertz CT molecular complexity index is 689. The Balaban J connectivity index is 1.31. The van der Waals surface area contributed by atoms with Crippen LogP contribution in [0.2, 0.25) is 0 Å². The Morgan fingerprint density at radius 2 is 1.92 bits per heavy atom. The zero-order valence-electron chi connectivity index (χ0n) is 13.9. The lowest BCUT2D eigenvalue weighted by molar-refractivity contribution is -0.132. The highest BCUT2D eigenvalue weighted by Gasteiger charge is 2.28. The van der Waals surface area contributed by atoms with Gasteiger partial charge in [0.15, 0.2) is 0 Å². The third-order valence-corrected chi connectivity index (χ3v) is 5.39. The molecule has 5 heteroatoms. The lowest BCUT2D eigenvalue weighted by atomic mass is 9.95. The number of likely N-dealkylation sites (tertiary alicyclic amines) is 1. The maximum Gasteiger partial charge on any atom is 0.228 e. The van der Waals surface area contributed by atoms with Crippen molar-refractivity contribution in [3.63, 3.8) is 0 Å². The molecule has 0 spiro atoms. The molecule has 1 N–H and O–H groups in total. The molecule has 0 atom stereocenters. The molecule has 2 aliphatic heterocycles. The molecular weight excluding hydrogens is 300 g/mol.